The quantitative estimate of drug-likeness (QED) is 0.282. The molecule has 130 valence electrons. The Hall–Kier alpha value is -0.503. The zero-order valence-electron chi connectivity index (χ0n) is 17.1. The van der Waals surface area contributed by atoms with Crippen LogP contribution >= 0.6 is 0 Å². The number of hydrogen-bond donors (Lipinski definition) is 0. The summed E-state index contributed by atoms with van der Waals surface area (Å²) >= 11 is 0. The van der Waals surface area contributed by atoms with E-state index in [0.717, 1.165) is 6.42 Å². The highest BCUT2D eigenvalue weighted by atomic mass is 28.4. The molecule has 1 nitrogen and oxygen atoms in total. The SMILES string of the molecule is CC(C)=CCCC(C)/C=C(\O[Si](C)(C)C(C)(C)C)C(C)(C)C. The first-order valence-corrected chi connectivity index (χ1v) is 11.6. The molecule has 2 heteroatoms. The third kappa shape index (κ3) is 7.67. The first-order valence-electron chi connectivity index (χ1n) is 8.71. The van der Waals surface area contributed by atoms with Crippen LogP contribution in [0.5, 0.6) is 0 Å². The second kappa shape index (κ2) is 7.85. The van der Waals surface area contributed by atoms with E-state index in [1.54, 1.807) is 0 Å². The second-order valence-electron chi connectivity index (χ2n) is 9.48. The summed E-state index contributed by atoms with van der Waals surface area (Å²) in [5.74, 6) is 1.73. The van der Waals surface area contributed by atoms with Crippen molar-refractivity contribution in [2.45, 2.75) is 93.3 Å². The van der Waals surface area contributed by atoms with Crippen molar-refractivity contribution in [3.63, 3.8) is 0 Å². The van der Waals surface area contributed by atoms with Gasteiger partial charge in [0, 0.05) is 5.41 Å². The summed E-state index contributed by atoms with van der Waals surface area (Å²) in [6, 6.07) is 0. The van der Waals surface area contributed by atoms with Gasteiger partial charge in [-0.05, 0) is 56.8 Å². The van der Waals surface area contributed by atoms with Gasteiger partial charge in [-0.15, -0.1) is 0 Å². The average Bonchev–Trinajstić information content (AvgIpc) is 2.24. The lowest BCUT2D eigenvalue weighted by atomic mass is 9.91. The summed E-state index contributed by atoms with van der Waals surface area (Å²) in [5.41, 5.74) is 1.48. The van der Waals surface area contributed by atoms with Gasteiger partial charge in [0.15, 0.2) is 0 Å². The van der Waals surface area contributed by atoms with Crippen molar-refractivity contribution < 1.29 is 4.43 Å². The summed E-state index contributed by atoms with van der Waals surface area (Å²) < 4.78 is 6.65. The Labute approximate surface area is 141 Å². The fraction of sp³-hybridized carbons (Fsp3) is 0.800. The summed E-state index contributed by atoms with van der Waals surface area (Å²) in [5, 5.41) is 0.239. The number of rotatable bonds is 6. The van der Waals surface area contributed by atoms with Crippen LogP contribution in [0.4, 0.5) is 0 Å². The highest BCUT2D eigenvalue weighted by Gasteiger charge is 2.40. The topological polar surface area (TPSA) is 9.23 Å². The van der Waals surface area contributed by atoms with Gasteiger partial charge in [0.05, 0.1) is 5.76 Å². The lowest BCUT2D eigenvalue weighted by Crippen LogP contribution is -2.42. The molecular weight excluding hydrogens is 284 g/mol. The van der Waals surface area contributed by atoms with Crippen molar-refractivity contribution in [3.8, 4) is 0 Å². The fourth-order valence-electron chi connectivity index (χ4n) is 1.84. The van der Waals surface area contributed by atoms with E-state index in [2.05, 4.69) is 87.6 Å². The Bertz CT molecular complexity index is 398. The summed E-state index contributed by atoms with van der Waals surface area (Å²) in [4.78, 5) is 0. The minimum atomic E-state index is -1.77. The van der Waals surface area contributed by atoms with Crippen LogP contribution in [0, 0.1) is 11.3 Å². The van der Waals surface area contributed by atoms with E-state index < -0.39 is 8.32 Å². The standard InChI is InChI=1S/C20H40OSi/c1-16(2)13-12-14-17(3)15-18(19(4,5)6)21-22(10,11)20(7,8)9/h13,15,17H,12,14H2,1-11H3/b18-15-. The highest BCUT2D eigenvalue weighted by molar-refractivity contribution is 6.74. The first kappa shape index (κ1) is 21.5. The first-order chi connectivity index (χ1) is 9.67. The molecule has 1 atom stereocenters. The molecule has 0 radical (unpaired) electrons. The minimum Gasteiger partial charge on any atom is -0.546 e. The molecule has 0 aromatic carbocycles. The Morgan fingerprint density at radius 1 is 1.05 bits per heavy atom. The van der Waals surface area contributed by atoms with Crippen molar-refractivity contribution in [3.05, 3.63) is 23.5 Å². The van der Waals surface area contributed by atoms with E-state index in [-0.39, 0.29) is 10.5 Å². The van der Waals surface area contributed by atoms with E-state index in [1.165, 1.54) is 17.8 Å². The molecule has 0 aromatic heterocycles. The van der Waals surface area contributed by atoms with Crippen molar-refractivity contribution in [1.29, 1.82) is 0 Å². The van der Waals surface area contributed by atoms with Gasteiger partial charge < -0.3 is 4.43 Å². The third-order valence-corrected chi connectivity index (χ3v) is 8.86. The molecule has 0 rings (SSSR count). The van der Waals surface area contributed by atoms with Crippen molar-refractivity contribution in [2.24, 2.45) is 11.3 Å². The molecule has 0 bridgehead atoms. The Morgan fingerprint density at radius 3 is 1.91 bits per heavy atom. The molecule has 0 N–H and O–H groups in total. The largest absolute Gasteiger partial charge is 0.546 e. The van der Waals surface area contributed by atoms with Crippen LogP contribution < -0.4 is 0 Å². The molecule has 0 spiro atoms. The highest BCUT2D eigenvalue weighted by Crippen LogP contribution is 2.41. The molecule has 0 aliphatic carbocycles. The zero-order chi connectivity index (χ0) is 17.8. The molecule has 0 amide bonds. The fourth-order valence-corrected chi connectivity index (χ4v) is 3.07. The van der Waals surface area contributed by atoms with E-state index in [1.807, 2.05) is 0 Å². The van der Waals surface area contributed by atoms with Crippen molar-refractivity contribution >= 4 is 8.32 Å². The van der Waals surface area contributed by atoms with Gasteiger partial charge in [0.25, 0.3) is 0 Å². The smallest absolute Gasteiger partial charge is 0.250 e. The average molecular weight is 325 g/mol. The maximum absolute atomic E-state index is 6.65. The Kier molecular flexibility index (Phi) is 7.67. The van der Waals surface area contributed by atoms with Gasteiger partial charge in [-0.3, -0.25) is 0 Å². The summed E-state index contributed by atoms with van der Waals surface area (Å²) in [6.45, 7) is 25.0. The van der Waals surface area contributed by atoms with Gasteiger partial charge in [-0.2, -0.15) is 0 Å². The van der Waals surface area contributed by atoms with E-state index in [4.69, 9.17) is 4.43 Å². The molecule has 0 heterocycles. The van der Waals surface area contributed by atoms with Crippen LogP contribution in [-0.2, 0) is 4.43 Å². The van der Waals surface area contributed by atoms with Crippen LogP contribution in [0.3, 0.4) is 0 Å². The monoisotopic (exact) mass is 324 g/mol. The maximum Gasteiger partial charge on any atom is 0.250 e. The Morgan fingerprint density at radius 2 is 1.55 bits per heavy atom. The molecule has 0 aliphatic rings. The van der Waals surface area contributed by atoms with Gasteiger partial charge in [-0.25, -0.2) is 0 Å². The van der Waals surface area contributed by atoms with Gasteiger partial charge in [0.2, 0.25) is 8.32 Å². The molecular formula is C20H40OSi. The van der Waals surface area contributed by atoms with Crippen molar-refractivity contribution in [1.82, 2.24) is 0 Å². The van der Waals surface area contributed by atoms with E-state index in [0.29, 0.717) is 5.92 Å². The minimum absolute atomic E-state index is 0.0697. The lowest BCUT2D eigenvalue weighted by Gasteiger charge is -2.40. The van der Waals surface area contributed by atoms with Crippen LogP contribution in [0.15, 0.2) is 23.5 Å². The number of allylic oxidation sites excluding steroid dienone is 4. The zero-order valence-corrected chi connectivity index (χ0v) is 18.1. The van der Waals surface area contributed by atoms with Crippen LogP contribution in [0.25, 0.3) is 0 Å². The van der Waals surface area contributed by atoms with E-state index in [9.17, 15) is 0 Å². The molecule has 0 aliphatic heterocycles. The van der Waals surface area contributed by atoms with Gasteiger partial charge in [0.1, 0.15) is 0 Å². The molecule has 0 saturated carbocycles. The van der Waals surface area contributed by atoms with Crippen LogP contribution in [0.1, 0.15) is 75.2 Å². The predicted molar refractivity (Wildman–Crippen MR) is 104 cm³/mol. The maximum atomic E-state index is 6.65. The molecule has 1 unspecified atom stereocenters. The third-order valence-electron chi connectivity index (χ3n) is 4.52. The van der Waals surface area contributed by atoms with Gasteiger partial charge >= 0.3 is 0 Å². The van der Waals surface area contributed by atoms with Crippen LogP contribution in [-0.4, -0.2) is 8.32 Å². The van der Waals surface area contributed by atoms with Crippen molar-refractivity contribution in [2.75, 3.05) is 0 Å². The van der Waals surface area contributed by atoms with E-state index >= 15 is 0 Å². The normalized spacial score (nSPS) is 15.5. The second-order valence-corrected chi connectivity index (χ2v) is 14.2. The summed E-state index contributed by atoms with van der Waals surface area (Å²) in [6.07, 6.45) is 7.04. The molecule has 0 fully saturated rings. The van der Waals surface area contributed by atoms with Gasteiger partial charge in [-0.1, -0.05) is 60.1 Å². The van der Waals surface area contributed by atoms with Crippen LogP contribution in [0.2, 0.25) is 18.1 Å². The number of hydrogen-bond acceptors (Lipinski definition) is 1. The predicted octanol–water partition coefficient (Wildman–Crippen LogP) is 7.32. The molecule has 0 aromatic rings. The summed E-state index contributed by atoms with van der Waals surface area (Å²) in [7, 11) is -1.77. The molecule has 22 heavy (non-hydrogen) atoms. The lowest BCUT2D eigenvalue weighted by molar-refractivity contribution is 0.269. The Balaban J connectivity index is 5.16. The molecule has 0 saturated heterocycles.